The molecular weight excluding hydrogens is 196 g/mol. The molecule has 2 rings (SSSR count). The van der Waals surface area contributed by atoms with Crippen molar-refractivity contribution in [2.75, 3.05) is 12.4 Å². The first-order chi connectivity index (χ1) is 6.83. The highest BCUT2D eigenvalue weighted by Crippen LogP contribution is 2.26. The van der Waals surface area contributed by atoms with Gasteiger partial charge >= 0.3 is 0 Å². The van der Waals surface area contributed by atoms with Crippen LogP contribution in [-0.2, 0) is 0 Å². The summed E-state index contributed by atoms with van der Waals surface area (Å²) >= 11 is 1.32. The lowest BCUT2D eigenvalue weighted by atomic mass is 10.1. The maximum Gasteiger partial charge on any atom is 0.268 e. The van der Waals surface area contributed by atoms with Crippen molar-refractivity contribution in [2.24, 2.45) is 0 Å². The molecule has 1 aromatic carbocycles. The zero-order valence-electron chi connectivity index (χ0n) is 7.70. The predicted molar refractivity (Wildman–Crippen MR) is 59.9 cm³/mol. The minimum absolute atomic E-state index is 0.0365. The first kappa shape index (κ1) is 9.02. The molecule has 0 radical (unpaired) electrons. The van der Waals surface area contributed by atoms with Crippen molar-refractivity contribution in [3.05, 3.63) is 40.7 Å². The third-order valence-corrected chi connectivity index (χ3v) is 2.89. The van der Waals surface area contributed by atoms with E-state index in [4.69, 9.17) is 0 Å². The van der Waals surface area contributed by atoms with E-state index in [0.717, 1.165) is 16.1 Å². The lowest BCUT2D eigenvalue weighted by molar-refractivity contribution is 1.42. The minimum atomic E-state index is -0.0365. The van der Waals surface area contributed by atoms with Crippen LogP contribution in [0.25, 0.3) is 11.1 Å². The van der Waals surface area contributed by atoms with Gasteiger partial charge < -0.3 is 5.32 Å². The largest absolute Gasteiger partial charge is 0.378 e. The lowest BCUT2D eigenvalue weighted by Crippen LogP contribution is -2.02. The molecule has 0 fully saturated rings. The highest BCUT2D eigenvalue weighted by molar-refractivity contribution is 7.10. The Hall–Kier alpha value is -1.55. The molecule has 72 valence electrons. The number of anilines is 1. The Labute approximate surface area is 85.6 Å². The zero-order chi connectivity index (χ0) is 9.97. The SMILES string of the molecule is CNc1s[nH]c(=O)c1-c1ccccc1. The fraction of sp³-hybridized carbons (Fsp3) is 0.100. The van der Waals surface area contributed by atoms with Crippen LogP contribution >= 0.6 is 11.5 Å². The second-order valence-corrected chi connectivity index (χ2v) is 3.67. The summed E-state index contributed by atoms with van der Waals surface area (Å²) in [5, 5.41) is 3.88. The normalized spacial score (nSPS) is 10.1. The van der Waals surface area contributed by atoms with Crippen LogP contribution in [0.5, 0.6) is 0 Å². The monoisotopic (exact) mass is 206 g/mol. The molecule has 0 aliphatic heterocycles. The third kappa shape index (κ3) is 1.44. The Balaban J connectivity index is 2.61. The Kier molecular flexibility index (Phi) is 2.37. The van der Waals surface area contributed by atoms with Crippen LogP contribution in [0.2, 0.25) is 0 Å². The van der Waals surface area contributed by atoms with E-state index in [0.29, 0.717) is 0 Å². The Morgan fingerprint density at radius 2 is 2.00 bits per heavy atom. The molecule has 0 saturated heterocycles. The highest BCUT2D eigenvalue weighted by Gasteiger charge is 2.10. The fourth-order valence-electron chi connectivity index (χ4n) is 1.35. The summed E-state index contributed by atoms with van der Waals surface area (Å²) in [5.41, 5.74) is 1.63. The minimum Gasteiger partial charge on any atom is -0.378 e. The molecule has 0 bridgehead atoms. The molecule has 0 aliphatic carbocycles. The molecule has 3 nitrogen and oxygen atoms in total. The summed E-state index contributed by atoms with van der Waals surface area (Å²) in [6.07, 6.45) is 0. The number of hydrogen-bond donors (Lipinski definition) is 2. The summed E-state index contributed by atoms with van der Waals surface area (Å²) in [6.45, 7) is 0. The van der Waals surface area contributed by atoms with Crippen LogP contribution in [0.1, 0.15) is 0 Å². The van der Waals surface area contributed by atoms with Gasteiger partial charge in [-0.05, 0) is 17.1 Å². The van der Waals surface area contributed by atoms with Crippen LogP contribution in [-0.4, -0.2) is 11.4 Å². The van der Waals surface area contributed by atoms with E-state index >= 15 is 0 Å². The molecule has 0 aliphatic rings. The van der Waals surface area contributed by atoms with Crippen molar-refractivity contribution in [3.63, 3.8) is 0 Å². The van der Waals surface area contributed by atoms with Crippen LogP contribution in [0.15, 0.2) is 35.1 Å². The molecule has 1 heterocycles. The third-order valence-electron chi connectivity index (χ3n) is 1.99. The van der Waals surface area contributed by atoms with Crippen molar-refractivity contribution in [1.29, 1.82) is 0 Å². The number of aromatic nitrogens is 1. The van der Waals surface area contributed by atoms with Crippen LogP contribution in [0.3, 0.4) is 0 Å². The first-order valence-electron chi connectivity index (χ1n) is 4.27. The summed E-state index contributed by atoms with van der Waals surface area (Å²) in [4.78, 5) is 11.5. The van der Waals surface area contributed by atoms with E-state index in [1.807, 2.05) is 37.4 Å². The quantitative estimate of drug-likeness (QED) is 0.790. The maximum absolute atomic E-state index is 11.5. The summed E-state index contributed by atoms with van der Waals surface area (Å²) in [7, 11) is 1.81. The van der Waals surface area contributed by atoms with Gasteiger partial charge in [-0.1, -0.05) is 30.3 Å². The molecule has 0 spiro atoms. The van der Waals surface area contributed by atoms with Gasteiger partial charge in [-0.25, -0.2) is 0 Å². The Bertz CT molecular complexity index is 472. The van der Waals surface area contributed by atoms with Gasteiger partial charge in [-0.3, -0.25) is 9.17 Å². The Morgan fingerprint density at radius 3 is 2.64 bits per heavy atom. The van der Waals surface area contributed by atoms with Crippen molar-refractivity contribution >= 4 is 16.5 Å². The van der Waals surface area contributed by atoms with E-state index in [1.165, 1.54) is 11.5 Å². The number of nitrogens with one attached hydrogen (secondary N) is 2. The average Bonchev–Trinajstić information content (AvgIpc) is 2.61. The van der Waals surface area contributed by atoms with E-state index in [1.54, 1.807) is 0 Å². The smallest absolute Gasteiger partial charge is 0.268 e. The van der Waals surface area contributed by atoms with Gasteiger partial charge in [0.1, 0.15) is 5.00 Å². The molecule has 0 unspecified atom stereocenters. The molecule has 1 aromatic heterocycles. The molecule has 2 N–H and O–H groups in total. The predicted octanol–water partition coefficient (Wildman–Crippen LogP) is 2.15. The molecular formula is C10H10N2OS. The Morgan fingerprint density at radius 1 is 1.29 bits per heavy atom. The zero-order valence-corrected chi connectivity index (χ0v) is 8.52. The van der Waals surface area contributed by atoms with Crippen molar-refractivity contribution in [1.82, 2.24) is 4.37 Å². The van der Waals surface area contributed by atoms with Crippen molar-refractivity contribution in [2.45, 2.75) is 0 Å². The van der Waals surface area contributed by atoms with Crippen molar-refractivity contribution in [3.8, 4) is 11.1 Å². The molecule has 0 saturated carbocycles. The number of benzene rings is 1. The fourth-order valence-corrected chi connectivity index (χ4v) is 2.06. The summed E-state index contributed by atoms with van der Waals surface area (Å²) in [5.74, 6) is 0. The average molecular weight is 206 g/mol. The van der Waals surface area contributed by atoms with Gasteiger partial charge in [0, 0.05) is 7.05 Å². The summed E-state index contributed by atoms with van der Waals surface area (Å²) in [6, 6.07) is 9.64. The second kappa shape index (κ2) is 3.67. The second-order valence-electron chi connectivity index (χ2n) is 2.85. The molecule has 2 aromatic rings. The number of aromatic amines is 1. The summed E-state index contributed by atoms with van der Waals surface area (Å²) < 4.78 is 2.71. The van der Waals surface area contributed by atoms with Gasteiger partial charge in [0.15, 0.2) is 0 Å². The standard InChI is InChI=1S/C10H10N2OS/c1-11-10-8(9(13)12-14-10)7-5-3-2-4-6-7/h2-6,11H,1H3,(H,12,13). The number of hydrogen-bond acceptors (Lipinski definition) is 3. The van der Waals surface area contributed by atoms with Crippen LogP contribution in [0.4, 0.5) is 5.00 Å². The van der Waals surface area contributed by atoms with Gasteiger partial charge in [0.05, 0.1) is 5.56 Å². The van der Waals surface area contributed by atoms with E-state index in [9.17, 15) is 4.79 Å². The lowest BCUT2D eigenvalue weighted by Gasteiger charge is -1.99. The molecule has 0 amide bonds. The van der Waals surface area contributed by atoms with Gasteiger partial charge in [-0.15, -0.1) is 0 Å². The molecule has 14 heavy (non-hydrogen) atoms. The topological polar surface area (TPSA) is 44.9 Å². The maximum atomic E-state index is 11.5. The van der Waals surface area contributed by atoms with Crippen molar-refractivity contribution < 1.29 is 0 Å². The highest BCUT2D eigenvalue weighted by atomic mass is 32.1. The van der Waals surface area contributed by atoms with Crippen LogP contribution < -0.4 is 10.9 Å². The van der Waals surface area contributed by atoms with E-state index in [-0.39, 0.29) is 5.56 Å². The number of rotatable bonds is 2. The first-order valence-corrected chi connectivity index (χ1v) is 5.09. The number of H-pyrrole nitrogens is 1. The van der Waals surface area contributed by atoms with Gasteiger partial charge in [0.2, 0.25) is 0 Å². The molecule has 4 heteroatoms. The van der Waals surface area contributed by atoms with Gasteiger partial charge in [-0.2, -0.15) is 0 Å². The van der Waals surface area contributed by atoms with E-state index in [2.05, 4.69) is 9.69 Å². The van der Waals surface area contributed by atoms with Crippen LogP contribution in [0, 0.1) is 0 Å². The molecule has 0 atom stereocenters. The van der Waals surface area contributed by atoms with Gasteiger partial charge in [0.25, 0.3) is 5.56 Å². The van der Waals surface area contributed by atoms with E-state index < -0.39 is 0 Å².